The Morgan fingerprint density at radius 2 is 1.77 bits per heavy atom. The number of hydrogen-bond donors (Lipinski definition) is 2. The number of alkyl halides is 7. The number of ether oxygens (including phenoxy) is 1. The second-order valence-corrected chi connectivity index (χ2v) is 5.12. The topological polar surface area (TPSA) is 67.4 Å². The molecule has 26 heavy (non-hydrogen) atoms. The minimum atomic E-state index is -5.46. The van der Waals surface area contributed by atoms with Gasteiger partial charge in [0.2, 0.25) is 5.91 Å². The predicted octanol–water partition coefficient (Wildman–Crippen LogP) is 3.29. The van der Waals surface area contributed by atoms with E-state index in [-0.39, 0.29) is 0 Å². The van der Waals surface area contributed by atoms with Gasteiger partial charge >= 0.3 is 24.0 Å². The standard InChI is InChI=1S/C14H13ClF6N2O3/c1-2-26-11(25)12(14(19,20)21,23-10(24)7-15)22-9-5-3-4-8(6-9)13(16,17)18/h3-6,22H,2,7H2,1H3,(H,23,24). The Hall–Kier alpha value is -2.17. The van der Waals surface area contributed by atoms with Crippen molar-refractivity contribution in [2.45, 2.75) is 24.9 Å². The minimum absolute atomic E-state index is 0.354. The molecule has 1 amide bonds. The molecular formula is C14H13ClF6N2O3. The van der Waals surface area contributed by atoms with Gasteiger partial charge in [-0.25, -0.2) is 4.79 Å². The van der Waals surface area contributed by atoms with Gasteiger partial charge < -0.3 is 15.4 Å². The molecule has 146 valence electrons. The van der Waals surface area contributed by atoms with Gasteiger partial charge in [0.1, 0.15) is 5.88 Å². The summed E-state index contributed by atoms with van der Waals surface area (Å²) in [5.74, 6) is -4.28. The summed E-state index contributed by atoms with van der Waals surface area (Å²) >= 11 is 5.17. The zero-order chi connectivity index (χ0) is 20.2. The van der Waals surface area contributed by atoms with Crippen LogP contribution in [0.1, 0.15) is 12.5 Å². The third-order valence-electron chi connectivity index (χ3n) is 2.98. The zero-order valence-electron chi connectivity index (χ0n) is 13.1. The Morgan fingerprint density at radius 1 is 1.15 bits per heavy atom. The van der Waals surface area contributed by atoms with Gasteiger partial charge in [0, 0.05) is 5.69 Å². The molecule has 0 aliphatic carbocycles. The van der Waals surface area contributed by atoms with Crippen LogP contribution in [0.25, 0.3) is 0 Å². The van der Waals surface area contributed by atoms with E-state index < -0.39 is 53.6 Å². The Kier molecular flexibility index (Phi) is 6.75. The average molecular weight is 407 g/mol. The Balaban J connectivity index is 3.44. The van der Waals surface area contributed by atoms with Gasteiger partial charge in [-0.1, -0.05) is 6.07 Å². The van der Waals surface area contributed by atoms with E-state index in [1.807, 2.05) is 0 Å². The van der Waals surface area contributed by atoms with Gasteiger partial charge in [-0.2, -0.15) is 26.3 Å². The average Bonchev–Trinajstić information content (AvgIpc) is 2.52. The van der Waals surface area contributed by atoms with Crippen LogP contribution in [0.5, 0.6) is 0 Å². The third kappa shape index (κ3) is 4.93. The number of hydrogen-bond acceptors (Lipinski definition) is 4. The molecule has 0 saturated heterocycles. The first-order valence-electron chi connectivity index (χ1n) is 6.93. The molecule has 1 unspecified atom stereocenters. The molecule has 1 rings (SSSR count). The minimum Gasteiger partial charge on any atom is -0.463 e. The quantitative estimate of drug-likeness (QED) is 0.329. The largest absolute Gasteiger partial charge is 0.463 e. The lowest BCUT2D eigenvalue weighted by atomic mass is 10.1. The van der Waals surface area contributed by atoms with E-state index in [1.165, 1.54) is 12.2 Å². The zero-order valence-corrected chi connectivity index (χ0v) is 13.9. The lowest BCUT2D eigenvalue weighted by molar-refractivity contribution is -0.207. The van der Waals surface area contributed by atoms with Gasteiger partial charge in [-0.05, 0) is 25.1 Å². The normalized spacial score (nSPS) is 14.3. The van der Waals surface area contributed by atoms with Gasteiger partial charge in [0.15, 0.2) is 0 Å². The molecule has 0 aromatic heterocycles. The van der Waals surface area contributed by atoms with Crippen LogP contribution in [-0.4, -0.2) is 36.2 Å². The molecule has 0 aliphatic rings. The van der Waals surface area contributed by atoms with Crippen molar-refractivity contribution in [1.82, 2.24) is 5.32 Å². The molecule has 1 aromatic carbocycles. The summed E-state index contributed by atoms with van der Waals surface area (Å²) < 4.78 is 83.5. The molecule has 0 fully saturated rings. The van der Waals surface area contributed by atoms with Crippen molar-refractivity contribution < 1.29 is 40.7 Å². The lowest BCUT2D eigenvalue weighted by Crippen LogP contribution is -2.69. The molecule has 12 heteroatoms. The van der Waals surface area contributed by atoms with E-state index in [0.29, 0.717) is 12.1 Å². The number of halogens is 7. The van der Waals surface area contributed by atoms with Gasteiger partial charge in [-0.3, -0.25) is 4.79 Å². The fraction of sp³-hybridized carbons (Fsp3) is 0.429. The summed E-state index contributed by atoms with van der Waals surface area (Å²) in [6.45, 7) is 0.740. The fourth-order valence-electron chi connectivity index (χ4n) is 1.86. The maximum Gasteiger partial charge on any atom is 0.441 e. The molecule has 0 spiro atoms. The number of esters is 1. The summed E-state index contributed by atoms with van der Waals surface area (Å²) in [6.07, 6.45) is -10.3. The molecular weight excluding hydrogens is 394 g/mol. The van der Waals surface area contributed by atoms with Crippen LogP contribution >= 0.6 is 11.6 Å². The lowest BCUT2D eigenvalue weighted by Gasteiger charge is -2.35. The van der Waals surface area contributed by atoms with Crippen LogP contribution in [0.15, 0.2) is 24.3 Å². The Morgan fingerprint density at radius 3 is 2.23 bits per heavy atom. The van der Waals surface area contributed by atoms with Crippen molar-refractivity contribution >= 4 is 29.2 Å². The van der Waals surface area contributed by atoms with Crippen LogP contribution in [-0.2, 0) is 20.5 Å². The number of benzene rings is 1. The van der Waals surface area contributed by atoms with E-state index in [9.17, 15) is 35.9 Å². The monoisotopic (exact) mass is 406 g/mol. The maximum absolute atomic E-state index is 13.6. The molecule has 0 saturated carbocycles. The first kappa shape index (κ1) is 21.9. The van der Waals surface area contributed by atoms with Crippen molar-refractivity contribution in [2.24, 2.45) is 0 Å². The molecule has 0 bridgehead atoms. The molecule has 1 atom stereocenters. The van der Waals surface area contributed by atoms with Crippen molar-refractivity contribution in [3.8, 4) is 0 Å². The van der Waals surface area contributed by atoms with Gasteiger partial charge in [0.05, 0.1) is 12.2 Å². The van der Waals surface area contributed by atoms with E-state index in [0.717, 1.165) is 12.1 Å². The van der Waals surface area contributed by atoms with E-state index in [4.69, 9.17) is 11.6 Å². The van der Waals surface area contributed by atoms with Crippen LogP contribution in [0.2, 0.25) is 0 Å². The van der Waals surface area contributed by atoms with Crippen LogP contribution in [0.4, 0.5) is 32.0 Å². The summed E-state index contributed by atoms with van der Waals surface area (Å²) in [7, 11) is 0. The Bertz CT molecular complexity index is 665. The van der Waals surface area contributed by atoms with Crippen molar-refractivity contribution in [2.75, 3.05) is 17.8 Å². The first-order valence-corrected chi connectivity index (χ1v) is 7.47. The summed E-state index contributed by atoms with van der Waals surface area (Å²) in [4.78, 5) is 23.4. The predicted molar refractivity (Wildman–Crippen MR) is 79.3 cm³/mol. The summed E-state index contributed by atoms with van der Waals surface area (Å²) in [5, 5.41) is 2.95. The van der Waals surface area contributed by atoms with Crippen LogP contribution < -0.4 is 10.6 Å². The van der Waals surface area contributed by atoms with E-state index in [2.05, 4.69) is 4.74 Å². The highest BCUT2D eigenvalue weighted by Crippen LogP contribution is 2.35. The fourth-order valence-corrected chi connectivity index (χ4v) is 1.93. The molecule has 0 radical (unpaired) electrons. The van der Waals surface area contributed by atoms with Gasteiger partial charge in [-0.15, -0.1) is 11.6 Å². The van der Waals surface area contributed by atoms with Crippen LogP contribution in [0.3, 0.4) is 0 Å². The molecule has 0 aliphatic heterocycles. The maximum atomic E-state index is 13.6. The number of anilines is 1. The number of carbonyl (C=O) groups is 2. The summed E-state index contributed by atoms with van der Waals surface area (Å²) in [5.41, 5.74) is -5.80. The summed E-state index contributed by atoms with van der Waals surface area (Å²) in [6, 6.07) is 2.68. The third-order valence-corrected chi connectivity index (χ3v) is 3.22. The van der Waals surface area contributed by atoms with Crippen molar-refractivity contribution in [3.63, 3.8) is 0 Å². The molecule has 5 nitrogen and oxygen atoms in total. The van der Waals surface area contributed by atoms with Crippen molar-refractivity contribution in [1.29, 1.82) is 0 Å². The van der Waals surface area contributed by atoms with Crippen molar-refractivity contribution in [3.05, 3.63) is 29.8 Å². The molecule has 0 heterocycles. The number of amides is 1. The number of nitrogens with one attached hydrogen (secondary N) is 2. The Labute approximate surface area is 148 Å². The molecule has 2 N–H and O–H groups in total. The highest BCUT2D eigenvalue weighted by Gasteiger charge is 2.63. The van der Waals surface area contributed by atoms with E-state index in [1.54, 1.807) is 5.32 Å². The highest BCUT2D eigenvalue weighted by molar-refractivity contribution is 6.27. The second kappa shape index (κ2) is 8.02. The van der Waals surface area contributed by atoms with Crippen LogP contribution in [0, 0.1) is 0 Å². The SMILES string of the molecule is CCOC(=O)C(NC(=O)CCl)(Nc1cccc(C(F)(F)F)c1)C(F)(F)F. The first-order chi connectivity index (χ1) is 11.9. The highest BCUT2D eigenvalue weighted by atomic mass is 35.5. The molecule has 1 aromatic rings. The smallest absolute Gasteiger partial charge is 0.441 e. The van der Waals surface area contributed by atoms with E-state index >= 15 is 0 Å². The van der Waals surface area contributed by atoms with Gasteiger partial charge in [0.25, 0.3) is 0 Å². The number of carbonyl (C=O) groups excluding carboxylic acids is 2. The second-order valence-electron chi connectivity index (χ2n) is 4.85. The number of rotatable bonds is 6.